The fourth-order valence-electron chi connectivity index (χ4n) is 4.78. The summed E-state index contributed by atoms with van der Waals surface area (Å²) in [6, 6.07) is 19.6. The molecule has 0 spiro atoms. The van der Waals surface area contributed by atoms with Crippen molar-refractivity contribution in [2.45, 2.75) is 43.8 Å². The van der Waals surface area contributed by atoms with E-state index in [1.54, 1.807) is 0 Å². The third-order valence-corrected chi connectivity index (χ3v) is 6.26. The molecule has 0 aliphatic heterocycles. The first-order valence-electron chi connectivity index (χ1n) is 10.1. The van der Waals surface area contributed by atoms with Gasteiger partial charge in [-0.25, -0.2) is 0 Å². The van der Waals surface area contributed by atoms with Gasteiger partial charge in [0.05, 0.1) is 6.10 Å². The molecule has 2 N–H and O–H groups in total. The van der Waals surface area contributed by atoms with E-state index in [1.165, 1.54) is 19.3 Å². The van der Waals surface area contributed by atoms with Crippen molar-refractivity contribution in [1.29, 1.82) is 0 Å². The Labute approximate surface area is 161 Å². The molecule has 1 saturated carbocycles. The number of aliphatic hydroxyl groups excluding tert-OH is 1. The Kier molecular flexibility index (Phi) is 5.29. The largest absolute Gasteiger partial charge is 0.392 e. The standard InChI is InChI=1S/C25H28O2/c26-24(19-11-4-1-5-12-19)22-17-10-18-23(22)25(27,20-13-6-2-7-14-20)21-15-8-3-9-16-21/h2-3,6-10,13-19,22,24,26-27H,1,4-5,11-12H2/t22?,24-/m1/s1. The van der Waals surface area contributed by atoms with Crippen LogP contribution in [0.25, 0.3) is 0 Å². The first-order valence-corrected chi connectivity index (χ1v) is 10.1. The lowest BCUT2D eigenvalue weighted by molar-refractivity contribution is 0.0391. The van der Waals surface area contributed by atoms with Crippen LogP contribution in [-0.2, 0) is 5.60 Å². The van der Waals surface area contributed by atoms with Gasteiger partial charge in [-0.2, -0.15) is 0 Å². The molecular formula is C25H28O2. The van der Waals surface area contributed by atoms with E-state index in [4.69, 9.17) is 0 Å². The third kappa shape index (κ3) is 3.40. The van der Waals surface area contributed by atoms with Gasteiger partial charge in [0.25, 0.3) is 0 Å². The number of aliphatic hydroxyl groups is 2. The zero-order chi connectivity index (χ0) is 18.7. The molecule has 0 saturated heterocycles. The van der Waals surface area contributed by atoms with Crippen LogP contribution in [-0.4, -0.2) is 16.3 Å². The number of benzene rings is 2. The highest BCUT2D eigenvalue weighted by Crippen LogP contribution is 2.45. The predicted molar refractivity (Wildman–Crippen MR) is 109 cm³/mol. The van der Waals surface area contributed by atoms with Gasteiger partial charge in [-0.3, -0.25) is 0 Å². The molecular weight excluding hydrogens is 332 g/mol. The lowest BCUT2D eigenvalue weighted by Gasteiger charge is -2.38. The molecule has 2 aromatic rings. The molecule has 0 radical (unpaired) electrons. The average molecular weight is 360 g/mol. The molecule has 2 heteroatoms. The SMILES string of the molecule is O[C@H](C1CCCCC1)C1C=CC=C1C(O)(c1ccccc1)c1ccccc1. The van der Waals surface area contributed by atoms with Gasteiger partial charge in [0.1, 0.15) is 5.60 Å². The normalized spacial score (nSPS) is 21.9. The van der Waals surface area contributed by atoms with Crippen LogP contribution in [0.5, 0.6) is 0 Å². The van der Waals surface area contributed by atoms with Gasteiger partial charge in [0.15, 0.2) is 0 Å². The Morgan fingerprint density at radius 1 is 0.815 bits per heavy atom. The molecule has 2 atom stereocenters. The zero-order valence-electron chi connectivity index (χ0n) is 15.7. The highest BCUT2D eigenvalue weighted by Gasteiger charge is 2.43. The van der Waals surface area contributed by atoms with E-state index in [2.05, 4.69) is 6.08 Å². The highest BCUT2D eigenvalue weighted by atomic mass is 16.3. The summed E-state index contributed by atoms with van der Waals surface area (Å²) in [5.74, 6) is 0.157. The minimum absolute atomic E-state index is 0.154. The average Bonchev–Trinajstić information content (AvgIpc) is 3.25. The summed E-state index contributed by atoms with van der Waals surface area (Å²) < 4.78 is 0. The smallest absolute Gasteiger partial charge is 0.137 e. The second kappa shape index (κ2) is 7.84. The van der Waals surface area contributed by atoms with Gasteiger partial charge in [0, 0.05) is 5.92 Å². The van der Waals surface area contributed by atoms with Crippen LogP contribution in [0.4, 0.5) is 0 Å². The third-order valence-electron chi connectivity index (χ3n) is 6.26. The minimum Gasteiger partial charge on any atom is -0.392 e. The monoisotopic (exact) mass is 360 g/mol. The van der Waals surface area contributed by atoms with E-state index in [-0.39, 0.29) is 5.92 Å². The van der Waals surface area contributed by atoms with Crippen molar-refractivity contribution >= 4 is 0 Å². The van der Waals surface area contributed by atoms with E-state index in [9.17, 15) is 10.2 Å². The summed E-state index contributed by atoms with van der Waals surface area (Å²) in [6.07, 6.45) is 11.4. The van der Waals surface area contributed by atoms with Gasteiger partial charge >= 0.3 is 0 Å². The fraction of sp³-hybridized carbons (Fsp3) is 0.360. The molecule has 0 amide bonds. The van der Waals surface area contributed by atoms with Crippen LogP contribution in [0.1, 0.15) is 43.2 Å². The van der Waals surface area contributed by atoms with Crippen molar-refractivity contribution in [3.05, 3.63) is 95.6 Å². The minimum atomic E-state index is -1.24. The van der Waals surface area contributed by atoms with Gasteiger partial charge in [-0.05, 0) is 35.5 Å². The van der Waals surface area contributed by atoms with Crippen molar-refractivity contribution in [1.82, 2.24) is 0 Å². The van der Waals surface area contributed by atoms with Crippen molar-refractivity contribution in [3.63, 3.8) is 0 Å². The summed E-state index contributed by atoms with van der Waals surface area (Å²) in [5.41, 5.74) is 1.31. The highest BCUT2D eigenvalue weighted by molar-refractivity contribution is 5.50. The van der Waals surface area contributed by atoms with Gasteiger partial charge in [0.2, 0.25) is 0 Å². The Morgan fingerprint density at radius 3 is 1.93 bits per heavy atom. The molecule has 2 aromatic carbocycles. The fourth-order valence-corrected chi connectivity index (χ4v) is 4.78. The number of hydrogen-bond acceptors (Lipinski definition) is 2. The van der Waals surface area contributed by atoms with Crippen LogP contribution in [0.3, 0.4) is 0 Å². The molecule has 0 bridgehead atoms. The molecule has 4 rings (SSSR count). The quantitative estimate of drug-likeness (QED) is 0.790. The van der Waals surface area contributed by atoms with Crippen molar-refractivity contribution < 1.29 is 10.2 Å². The van der Waals surface area contributed by atoms with Crippen LogP contribution in [0.2, 0.25) is 0 Å². The topological polar surface area (TPSA) is 40.5 Å². The lowest BCUT2D eigenvalue weighted by atomic mass is 9.71. The summed E-state index contributed by atoms with van der Waals surface area (Å²) in [7, 11) is 0. The van der Waals surface area contributed by atoms with E-state index in [0.29, 0.717) is 5.92 Å². The van der Waals surface area contributed by atoms with E-state index < -0.39 is 11.7 Å². The van der Waals surface area contributed by atoms with E-state index in [1.807, 2.05) is 72.8 Å². The van der Waals surface area contributed by atoms with Gasteiger partial charge in [-0.15, -0.1) is 0 Å². The van der Waals surface area contributed by atoms with Crippen molar-refractivity contribution in [3.8, 4) is 0 Å². The Morgan fingerprint density at radius 2 is 1.37 bits per heavy atom. The second-order valence-electron chi connectivity index (χ2n) is 7.86. The number of rotatable bonds is 5. The van der Waals surface area contributed by atoms with Crippen LogP contribution in [0.15, 0.2) is 84.5 Å². The molecule has 2 nitrogen and oxygen atoms in total. The lowest BCUT2D eigenvalue weighted by Crippen LogP contribution is -2.38. The Hall–Kier alpha value is -2.16. The van der Waals surface area contributed by atoms with Crippen molar-refractivity contribution in [2.24, 2.45) is 11.8 Å². The molecule has 140 valence electrons. The summed E-state index contributed by atoms with van der Waals surface area (Å²) in [4.78, 5) is 0. The Bertz CT molecular complexity index is 761. The zero-order valence-corrected chi connectivity index (χ0v) is 15.7. The number of allylic oxidation sites excluding steroid dienone is 2. The summed E-state index contributed by atoms with van der Waals surface area (Å²) >= 11 is 0. The van der Waals surface area contributed by atoms with Gasteiger partial charge in [-0.1, -0.05) is 98.2 Å². The summed E-state index contributed by atoms with van der Waals surface area (Å²) in [6.45, 7) is 0. The summed E-state index contributed by atoms with van der Waals surface area (Å²) in [5, 5.41) is 23.3. The molecule has 2 aliphatic rings. The van der Waals surface area contributed by atoms with Crippen LogP contribution < -0.4 is 0 Å². The maximum Gasteiger partial charge on any atom is 0.137 e. The van der Waals surface area contributed by atoms with E-state index >= 15 is 0 Å². The second-order valence-corrected chi connectivity index (χ2v) is 7.86. The maximum absolute atomic E-state index is 12.1. The van der Waals surface area contributed by atoms with Crippen molar-refractivity contribution in [2.75, 3.05) is 0 Å². The molecule has 1 fully saturated rings. The van der Waals surface area contributed by atoms with Crippen LogP contribution in [0, 0.1) is 11.8 Å². The molecule has 0 heterocycles. The molecule has 0 aromatic heterocycles. The number of hydrogen-bond donors (Lipinski definition) is 2. The van der Waals surface area contributed by atoms with Crippen LogP contribution >= 0.6 is 0 Å². The molecule has 27 heavy (non-hydrogen) atoms. The molecule has 2 aliphatic carbocycles. The molecule has 1 unspecified atom stereocenters. The predicted octanol–water partition coefficient (Wildman–Crippen LogP) is 4.98. The first-order chi connectivity index (χ1) is 13.2. The van der Waals surface area contributed by atoms with E-state index in [0.717, 1.165) is 29.5 Å². The van der Waals surface area contributed by atoms with Gasteiger partial charge < -0.3 is 10.2 Å². The maximum atomic E-state index is 12.1. The first kappa shape index (κ1) is 18.2. The Balaban J connectivity index is 1.74.